The molecule has 0 heterocycles. The maximum Gasteiger partial charge on any atom is 0.314 e. The molecule has 0 aliphatic heterocycles. The van der Waals surface area contributed by atoms with Crippen molar-refractivity contribution in [3.05, 3.63) is 64.2 Å². The van der Waals surface area contributed by atoms with Gasteiger partial charge in [0.2, 0.25) is 0 Å². The molecule has 0 atom stereocenters. The van der Waals surface area contributed by atoms with Crippen LogP contribution in [0.5, 0.6) is 0 Å². The molecule has 118 valence electrons. The Kier molecular flexibility index (Phi) is 5.03. The van der Waals surface area contributed by atoms with E-state index in [1.807, 2.05) is 19.1 Å². The minimum Gasteiger partial charge on any atom is -0.318 e. The van der Waals surface area contributed by atoms with Gasteiger partial charge in [0, 0.05) is 23.5 Å². The van der Waals surface area contributed by atoms with E-state index < -0.39 is 16.7 Å². The summed E-state index contributed by atoms with van der Waals surface area (Å²) in [6.07, 6.45) is 0.884. The van der Waals surface area contributed by atoms with Crippen molar-refractivity contribution in [1.29, 1.82) is 0 Å². The van der Waals surface area contributed by atoms with Gasteiger partial charge < -0.3 is 10.6 Å². The zero-order valence-corrected chi connectivity index (χ0v) is 12.4. The number of nitrogens with one attached hydrogen (secondary N) is 2. The van der Waals surface area contributed by atoms with Crippen molar-refractivity contribution in [2.45, 2.75) is 13.3 Å². The lowest BCUT2D eigenvalue weighted by Crippen LogP contribution is -2.29. The van der Waals surface area contributed by atoms with Gasteiger partial charge in [0.25, 0.3) is 5.69 Å². The second-order valence-corrected chi connectivity index (χ2v) is 4.76. The van der Waals surface area contributed by atoms with Gasteiger partial charge in [-0.3, -0.25) is 19.7 Å². The topological polar surface area (TPSA) is 101 Å². The van der Waals surface area contributed by atoms with Crippen LogP contribution in [-0.2, 0) is 16.0 Å². The lowest BCUT2D eigenvalue weighted by Gasteiger charge is -2.07. The van der Waals surface area contributed by atoms with E-state index in [-0.39, 0.29) is 5.69 Å². The van der Waals surface area contributed by atoms with Gasteiger partial charge in [-0.25, -0.2) is 0 Å². The zero-order chi connectivity index (χ0) is 16.8. The molecule has 23 heavy (non-hydrogen) atoms. The number of hydrogen-bond donors (Lipinski definition) is 2. The number of aryl methyl sites for hydroxylation is 1. The van der Waals surface area contributed by atoms with Crippen molar-refractivity contribution in [2.75, 3.05) is 10.6 Å². The van der Waals surface area contributed by atoms with Gasteiger partial charge >= 0.3 is 11.8 Å². The number of hydrogen-bond acceptors (Lipinski definition) is 4. The van der Waals surface area contributed by atoms with Crippen molar-refractivity contribution >= 4 is 28.9 Å². The third kappa shape index (κ3) is 4.37. The summed E-state index contributed by atoms with van der Waals surface area (Å²) in [5.74, 6) is -1.66. The number of carbonyl (C=O) groups is 2. The summed E-state index contributed by atoms with van der Waals surface area (Å²) in [5, 5.41) is 15.4. The van der Waals surface area contributed by atoms with Gasteiger partial charge in [0.15, 0.2) is 0 Å². The van der Waals surface area contributed by atoms with E-state index in [1.54, 1.807) is 12.1 Å². The van der Waals surface area contributed by atoms with Crippen molar-refractivity contribution in [3.8, 4) is 0 Å². The van der Waals surface area contributed by atoms with Crippen LogP contribution in [-0.4, -0.2) is 16.7 Å². The maximum atomic E-state index is 11.8. The standard InChI is InChI=1S/C16H15N3O4/c1-2-11-3-5-12(6-4-11)17-15(20)16(21)18-13-7-9-14(10-8-13)19(22)23/h3-10H,2H2,1H3,(H,17,20)(H,18,21). The fourth-order valence-electron chi connectivity index (χ4n) is 1.87. The van der Waals surface area contributed by atoms with E-state index >= 15 is 0 Å². The predicted molar refractivity (Wildman–Crippen MR) is 86.2 cm³/mol. The van der Waals surface area contributed by atoms with Crippen LogP contribution in [0.2, 0.25) is 0 Å². The molecular weight excluding hydrogens is 298 g/mol. The number of nitrogens with zero attached hydrogens (tertiary/aromatic N) is 1. The fourth-order valence-corrected chi connectivity index (χ4v) is 1.87. The van der Waals surface area contributed by atoms with Crippen LogP contribution in [0.4, 0.5) is 17.1 Å². The third-order valence-electron chi connectivity index (χ3n) is 3.16. The third-order valence-corrected chi connectivity index (χ3v) is 3.16. The summed E-state index contributed by atoms with van der Waals surface area (Å²) in [4.78, 5) is 33.6. The van der Waals surface area contributed by atoms with Crippen molar-refractivity contribution < 1.29 is 14.5 Å². The van der Waals surface area contributed by atoms with Crippen LogP contribution in [0.25, 0.3) is 0 Å². The molecule has 7 nitrogen and oxygen atoms in total. The van der Waals surface area contributed by atoms with Gasteiger partial charge in [-0.15, -0.1) is 0 Å². The largest absolute Gasteiger partial charge is 0.318 e. The SMILES string of the molecule is CCc1ccc(NC(=O)C(=O)Nc2ccc([N+](=O)[O-])cc2)cc1. The Morgan fingerprint density at radius 1 is 0.913 bits per heavy atom. The molecular formula is C16H15N3O4. The summed E-state index contributed by atoms with van der Waals surface area (Å²) >= 11 is 0. The van der Waals surface area contributed by atoms with Crippen molar-refractivity contribution in [1.82, 2.24) is 0 Å². The number of non-ortho nitro benzene ring substituents is 1. The smallest absolute Gasteiger partial charge is 0.314 e. The Labute approximate surface area is 132 Å². The molecule has 0 unspecified atom stereocenters. The van der Waals surface area contributed by atoms with Gasteiger partial charge in [-0.2, -0.15) is 0 Å². The van der Waals surface area contributed by atoms with E-state index in [0.717, 1.165) is 12.0 Å². The van der Waals surface area contributed by atoms with Crippen LogP contribution in [0, 0.1) is 10.1 Å². The number of nitro groups is 1. The first-order valence-electron chi connectivity index (χ1n) is 6.95. The van der Waals surface area contributed by atoms with Gasteiger partial charge in [-0.1, -0.05) is 19.1 Å². The lowest BCUT2D eigenvalue weighted by atomic mass is 10.1. The molecule has 0 saturated carbocycles. The summed E-state index contributed by atoms with van der Waals surface area (Å²) < 4.78 is 0. The Bertz CT molecular complexity index is 724. The highest BCUT2D eigenvalue weighted by Crippen LogP contribution is 2.15. The number of anilines is 2. The Hall–Kier alpha value is -3.22. The molecule has 2 aromatic carbocycles. The van der Waals surface area contributed by atoms with Crippen LogP contribution in [0.3, 0.4) is 0 Å². The number of benzene rings is 2. The first-order valence-corrected chi connectivity index (χ1v) is 6.95. The predicted octanol–water partition coefficient (Wildman–Crippen LogP) is 2.73. The number of carbonyl (C=O) groups excluding carboxylic acids is 2. The minimum absolute atomic E-state index is 0.0940. The molecule has 0 spiro atoms. The van der Waals surface area contributed by atoms with Gasteiger partial charge in [0.05, 0.1) is 4.92 Å². The Balaban J connectivity index is 1.96. The molecule has 0 radical (unpaired) electrons. The van der Waals surface area contributed by atoms with Gasteiger partial charge in [0.1, 0.15) is 0 Å². The Morgan fingerprint density at radius 2 is 1.35 bits per heavy atom. The number of rotatable bonds is 4. The van der Waals surface area contributed by atoms with Crippen LogP contribution in [0.15, 0.2) is 48.5 Å². The number of nitro benzene ring substituents is 1. The maximum absolute atomic E-state index is 11.8. The second-order valence-electron chi connectivity index (χ2n) is 4.76. The van der Waals surface area contributed by atoms with Crippen LogP contribution < -0.4 is 10.6 Å². The minimum atomic E-state index is -0.849. The first kappa shape index (κ1) is 16.2. The average Bonchev–Trinajstić information content (AvgIpc) is 2.56. The lowest BCUT2D eigenvalue weighted by molar-refractivity contribution is -0.384. The second kappa shape index (κ2) is 7.17. The summed E-state index contributed by atoms with van der Waals surface area (Å²) in [6, 6.07) is 12.4. The van der Waals surface area contributed by atoms with E-state index in [9.17, 15) is 19.7 Å². The van der Waals surface area contributed by atoms with E-state index in [0.29, 0.717) is 11.4 Å². The van der Waals surface area contributed by atoms with Gasteiger partial charge in [-0.05, 0) is 36.2 Å². The highest BCUT2D eigenvalue weighted by atomic mass is 16.6. The van der Waals surface area contributed by atoms with Crippen LogP contribution >= 0.6 is 0 Å². The molecule has 0 aliphatic rings. The molecule has 0 aromatic heterocycles. The molecule has 0 fully saturated rings. The van der Waals surface area contributed by atoms with E-state index in [2.05, 4.69) is 10.6 Å². The molecule has 0 bridgehead atoms. The summed E-state index contributed by atoms with van der Waals surface area (Å²) in [5.41, 5.74) is 1.85. The van der Waals surface area contributed by atoms with E-state index in [1.165, 1.54) is 24.3 Å². The molecule has 2 rings (SSSR count). The average molecular weight is 313 g/mol. The first-order chi connectivity index (χ1) is 11.0. The van der Waals surface area contributed by atoms with Crippen LogP contribution in [0.1, 0.15) is 12.5 Å². The quantitative estimate of drug-likeness (QED) is 0.515. The Morgan fingerprint density at radius 3 is 1.74 bits per heavy atom. The highest BCUT2D eigenvalue weighted by Gasteiger charge is 2.14. The fraction of sp³-hybridized carbons (Fsp3) is 0.125. The number of amides is 2. The molecule has 0 saturated heterocycles. The summed E-state index contributed by atoms with van der Waals surface area (Å²) in [6.45, 7) is 2.02. The highest BCUT2D eigenvalue weighted by molar-refractivity contribution is 6.43. The summed E-state index contributed by atoms with van der Waals surface area (Å²) in [7, 11) is 0. The zero-order valence-electron chi connectivity index (χ0n) is 12.4. The van der Waals surface area contributed by atoms with Crippen molar-refractivity contribution in [2.24, 2.45) is 0 Å². The van der Waals surface area contributed by atoms with Crippen molar-refractivity contribution in [3.63, 3.8) is 0 Å². The molecule has 0 aliphatic carbocycles. The molecule has 2 amide bonds. The monoisotopic (exact) mass is 313 g/mol. The molecule has 2 N–H and O–H groups in total. The van der Waals surface area contributed by atoms with E-state index in [4.69, 9.17) is 0 Å². The molecule has 7 heteroatoms. The normalized spacial score (nSPS) is 9.96. The molecule has 2 aromatic rings.